The van der Waals surface area contributed by atoms with Gasteiger partial charge in [-0.1, -0.05) is 11.3 Å². The molecule has 114 valence electrons. The fraction of sp³-hybridized carbons (Fsp3) is 0.333. The number of morpholine rings is 1. The van der Waals surface area contributed by atoms with Gasteiger partial charge in [0.05, 0.1) is 24.6 Å². The minimum absolute atomic E-state index is 0.222. The van der Waals surface area contributed by atoms with Crippen LogP contribution in [0.4, 0.5) is 9.52 Å². The SMILES string of the molecule is CC1CN(c2nn3cc(-c4ccc(F)cc4)nc3s2)CCO1. The van der Waals surface area contributed by atoms with Crippen LogP contribution in [0.3, 0.4) is 0 Å². The summed E-state index contributed by atoms with van der Waals surface area (Å²) in [5.41, 5.74) is 1.70. The van der Waals surface area contributed by atoms with Crippen LogP contribution in [-0.4, -0.2) is 40.4 Å². The molecule has 2 aromatic heterocycles. The standard InChI is InChI=1S/C15H15FN4OS/c1-10-8-19(6-7-21-10)15-18-20-9-13(17-14(20)22-15)11-2-4-12(16)5-3-11/h2-5,9-10H,6-8H2,1H3. The first-order valence-corrected chi connectivity index (χ1v) is 7.99. The van der Waals surface area contributed by atoms with E-state index in [1.54, 1.807) is 28.0 Å². The van der Waals surface area contributed by atoms with Gasteiger partial charge in [0.25, 0.3) is 0 Å². The van der Waals surface area contributed by atoms with E-state index in [0.717, 1.165) is 41.0 Å². The second-order valence-electron chi connectivity index (χ2n) is 5.37. The van der Waals surface area contributed by atoms with Gasteiger partial charge in [-0.2, -0.15) is 0 Å². The van der Waals surface area contributed by atoms with Crippen molar-refractivity contribution in [2.45, 2.75) is 13.0 Å². The number of imidazole rings is 1. The van der Waals surface area contributed by atoms with Crippen molar-refractivity contribution in [1.82, 2.24) is 14.6 Å². The van der Waals surface area contributed by atoms with Crippen LogP contribution >= 0.6 is 11.3 Å². The van der Waals surface area contributed by atoms with Gasteiger partial charge in [-0.05, 0) is 31.2 Å². The van der Waals surface area contributed by atoms with Crippen LogP contribution in [0.1, 0.15) is 6.92 Å². The number of anilines is 1. The summed E-state index contributed by atoms with van der Waals surface area (Å²) in [5.74, 6) is -0.244. The highest BCUT2D eigenvalue weighted by atomic mass is 32.1. The van der Waals surface area contributed by atoms with Crippen LogP contribution < -0.4 is 4.90 Å². The van der Waals surface area contributed by atoms with E-state index < -0.39 is 0 Å². The zero-order valence-electron chi connectivity index (χ0n) is 12.1. The average molecular weight is 318 g/mol. The number of benzene rings is 1. The van der Waals surface area contributed by atoms with E-state index in [4.69, 9.17) is 4.74 Å². The van der Waals surface area contributed by atoms with E-state index in [0.29, 0.717) is 0 Å². The lowest BCUT2D eigenvalue weighted by atomic mass is 10.2. The number of aromatic nitrogens is 3. The van der Waals surface area contributed by atoms with Crippen LogP contribution in [0.25, 0.3) is 16.2 Å². The van der Waals surface area contributed by atoms with Gasteiger partial charge in [-0.3, -0.25) is 0 Å². The zero-order chi connectivity index (χ0) is 15.1. The van der Waals surface area contributed by atoms with Crippen LogP contribution in [0.2, 0.25) is 0 Å². The van der Waals surface area contributed by atoms with Crippen molar-refractivity contribution in [2.75, 3.05) is 24.6 Å². The number of rotatable bonds is 2. The lowest BCUT2D eigenvalue weighted by Gasteiger charge is -2.30. The van der Waals surface area contributed by atoms with Crippen molar-refractivity contribution in [3.05, 3.63) is 36.3 Å². The molecular weight excluding hydrogens is 303 g/mol. The third-order valence-corrected chi connectivity index (χ3v) is 4.67. The Balaban J connectivity index is 1.63. The molecule has 1 aliphatic rings. The Kier molecular flexibility index (Phi) is 3.31. The van der Waals surface area contributed by atoms with E-state index >= 15 is 0 Å². The molecule has 0 saturated carbocycles. The van der Waals surface area contributed by atoms with Crippen molar-refractivity contribution >= 4 is 21.4 Å². The van der Waals surface area contributed by atoms with Crippen molar-refractivity contribution in [2.24, 2.45) is 0 Å². The molecule has 4 rings (SSSR count). The van der Waals surface area contributed by atoms with Gasteiger partial charge < -0.3 is 9.64 Å². The molecule has 1 fully saturated rings. The van der Waals surface area contributed by atoms with Crippen molar-refractivity contribution in [1.29, 1.82) is 0 Å². The molecule has 1 unspecified atom stereocenters. The van der Waals surface area contributed by atoms with Crippen LogP contribution in [0.15, 0.2) is 30.5 Å². The Labute approximate surface area is 131 Å². The number of hydrogen-bond acceptors (Lipinski definition) is 5. The molecule has 0 aliphatic carbocycles. The molecule has 0 spiro atoms. The minimum atomic E-state index is -0.244. The lowest BCUT2D eigenvalue weighted by Crippen LogP contribution is -2.41. The maximum atomic E-state index is 13.0. The van der Waals surface area contributed by atoms with Gasteiger partial charge in [0, 0.05) is 18.7 Å². The van der Waals surface area contributed by atoms with Crippen LogP contribution in [0.5, 0.6) is 0 Å². The molecule has 5 nitrogen and oxygen atoms in total. The number of hydrogen-bond donors (Lipinski definition) is 0. The summed E-state index contributed by atoms with van der Waals surface area (Å²) < 4.78 is 20.3. The fourth-order valence-corrected chi connectivity index (χ4v) is 3.49. The minimum Gasteiger partial charge on any atom is -0.375 e. The highest BCUT2D eigenvalue weighted by Crippen LogP contribution is 2.27. The van der Waals surface area contributed by atoms with Gasteiger partial charge >= 0.3 is 0 Å². The van der Waals surface area contributed by atoms with Gasteiger partial charge in [0.2, 0.25) is 10.1 Å². The van der Waals surface area contributed by atoms with E-state index in [1.165, 1.54) is 12.1 Å². The summed E-state index contributed by atoms with van der Waals surface area (Å²) >= 11 is 1.56. The molecule has 0 radical (unpaired) electrons. The van der Waals surface area contributed by atoms with Crippen molar-refractivity contribution in [3.63, 3.8) is 0 Å². The topological polar surface area (TPSA) is 42.7 Å². The molecule has 1 atom stereocenters. The Morgan fingerprint density at radius 3 is 2.86 bits per heavy atom. The predicted molar refractivity (Wildman–Crippen MR) is 83.9 cm³/mol. The molecule has 1 aliphatic heterocycles. The van der Waals surface area contributed by atoms with Gasteiger partial charge in [-0.25, -0.2) is 13.9 Å². The predicted octanol–water partition coefficient (Wildman–Crippen LogP) is 2.82. The Morgan fingerprint density at radius 1 is 1.32 bits per heavy atom. The Hall–Kier alpha value is -1.99. The van der Waals surface area contributed by atoms with Crippen molar-refractivity contribution in [3.8, 4) is 11.3 Å². The summed E-state index contributed by atoms with van der Waals surface area (Å²) in [6, 6.07) is 6.34. The summed E-state index contributed by atoms with van der Waals surface area (Å²) in [6.45, 7) is 4.49. The van der Waals surface area contributed by atoms with Gasteiger partial charge in [-0.15, -0.1) is 5.10 Å². The van der Waals surface area contributed by atoms with Crippen LogP contribution in [-0.2, 0) is 4.74 Å². The zero-order valence-corrected chi connectivity index (χ0v) is 12.9. The molecule has 3 aromatic rings. The second kappa shape index (κ2) is 5.33. The molecule has 22 heavy (non-hydrogen) atoms. The molecule has 0 N–H and O–H groups in total. The maximum absolute atomic E-state index is 13.0. The van der Waals surface area contributed by atoms with Gasteiger partial charge in [0.1, 0.15) is 5.82 Å². The summed E-state index contributed by atoms with van der Waals surface area (Å²) in [7, 11) is 0. The molecule has 3 heterocycles. The van der Waals surface area contributed by atoms with E-state index in [1.807, 2.05) is 6.20 Å². The van der Waals surface area contributed by atoms with E-state index in [2.05, 4.69) is 21.9 Å². The average Bonchev–Trinajstić information content (AvgIpc) is 3.06. The quantitative estimate of drug-likeness (QED) is 0.729. The Bertz CT molecular complexity index is 766. The highest BCUT2D eigenvalue weighted by molar-refractivity contribution is 7.20. The molecule has 1 saturated heterocycles. The molecule has 0 amide bonds. The van der Waals surface area contributed by atoms with Crippen molar-refractivity contribution < 1.29 is 9.13 Å². The fourth-order valence-electron chi connectivity index (χ4n) is 2.57. The Morgan fingerprint density at radius 2 is 2.14 bits per heavy atom. The molecule has 1 aromatic carbocycles. The first kappa shape index (κ1) is 13.7. The van der Waals surface area contributed by atoms with Gasteiger partial charge in [0.15, 0.2) is 0 Å². The lowest BCUT2D eigenvalue weighted by molar-refractivity contribution is 0.0531. The highest BCUT2D eigenvalue weighted by Gasteiger charge is 2.21. The largest absolute Gasteiger partial charge is 0.375 e. The number of nitrogens with zero attached hydrogens (tertiary/aromatic N) is 4. The summed E-state index contributed by atoms with van der Waals surface area (Å²) in [6.07, 6.45) is 2.10. The van der Waals surface area contributed by atoms with E-state index in [-0.39, 0.29) is 11.9 Å². The monoisotopic (exact) mass is 318 g/mol. The smallest absolute Gasteiger partial charge is 0.214 e. The first-order chi connectivity index (χ1) is 10.7. The van der Waals surface area contributed by atoms with E-state index in [9.17, 15) is 4.39 Å². The first-order valence-electron chi connectivity index (χ1n) is 7.18. The molecule has 7 heteroatoms. The normalized spacial score (nSPS) is 19.0. The molecule has 0 bridgehead atoms. The maximum Gasteiger partial charge on any atom is 0.214 e. The second-order valence-corrected chi connectivity index (χ2v) is 6.31. The molecular formula is C15H15FN4OS. The van der Waals surface area contributed by atoms with Crippen LogP contribution in [0, 0.1) is 5.82 Å². The number of fused-ring (bicyclic) bond motifs is 1. The summed E-state index contributed by atoms with van der Waals surface area (Å²) in [5, 5.41) is 5.56. The third kappa shape index (κ3) is 2.46. The summed E-state index contributed by atoms with van der Waals surface area (Å²) in [4.78, 5) is 7.65. The third-order valence-electron chi connectivity index (χ3n) is 3.68. The number of halogens is 1. The number of ether oxygens (including phenoxy) is 1.